The zero-order valence-corrected chi connectivity index (χ0v) is 13.2. The molecule has 1 aliphatic heterocycles. The molecule has 0 spiro atoms. The van der Waals surface area contributed by atoms with Crippen LogP contribution in [-0.2, 0) is 4.74 Å². The van der Waals surface area contributed by atoms with Crippen LogP contribution >= 0.6 is 11.3 Å². The number of hydrogen-bond donors (Lipinski definition) is 2. The fraction of sp³-hybridized carbons (Fsp3) is 0.692. The van der Waals surface area contributed by atoms with Gasteiger partial charge in [0.05, 0.1) is 12.1 Å². The van der Waals surface area contributed by atoms with Gasteiger partial charge >= 0.3 is 0 Å². The molecule has 0 aliphatic carbocycles. The third-order valence-electron chi connectivity index (χ3n) is 3.59. The number of anilines is 1. The van der Waals surface area contributed by atoms with Crippen LogP contribution in [0.15, 0.2) is 5.38 Å². The topological polar surface area (TPSA) is 66.5 Å². The van der Waals surface area contributed by atoms with Crippen LogP contribution in [0.2, 0.25) is 0 Å². The van der Waals surface area contributed by atoms with Crippen LogP contribution in [0.25, 0.3) is 0 Å². The monoisotopic (exact) mass is 298 g/mol. The Labute approximate surface area is 123 Å². The van der Waals surface area contributed by atoms with Gasteiger partial charge in [-0.15, -0.1) is 11.3 Å². The van der Waals surface area contributed by atoms with Gasteiger partial charge < -0.3 is 15.4 Å². The first-order valence-electron chi connectivity index (χ1n) is 6.76. The molecule has 2 heterocycles. The molecule has 0 unspecified atom stereocenters. The molecule has 1 saturated heterocycles. The average molecular weight is 298 g/mol. The van der Waals surface area contributed by atoms with E-state index in [2.05, 4.69) is 34.4 Å². The van der Waals surface area contributed by atoms with Gasteiger partial charge in [-0.25, -0.2) is 4.98 Å². The fourth-order valence-electron chi connectivity index (χ4n) is 2.34. The zero-order valence-electron chi connectivity index (χ0n) is 12.3. The second-order valence-electron chi connectivity index (χ2n) is 5.19. The second-order valence-corrected chi connectivity index (χ2v) is 6.05. The molecule has 7 heteroatoms. The van der Waals surface area contributed by atoms with Crippen molar-refractivity contribution in [3.63, 3.8) is 0 Å². The summed E-state index contributed by atoms with van der Waals surface area (Å²) < 4.78 is 5.48. The van der Waals surface area contributed by atoms with E-state index in [9.17, 15) is 4.79 Å². The lowest BCUT2D eigenvalue weighted by molar-refractivity contribution is 0.0751. The third-order valence-corrected chi connectivity index (χ3v) is 4.45. The van der Waals surface area contributed by atoms with E-state index < -0.39 is 0 Å². The maximum absolute atomic E-state index is 12.2. The van der Waals surface area contributed by atoms with Crippen molar-refractivity contribution in [2.45, 2.75) is 32.0 Å². The summed E-state index contributed by atoms with van der Waals surface area (Å²) in [5, 5.41) is 8.47. The second kappa shape index (κ2) is 6.51. The summed E-state index contributed by atoms with van der Waals surface area (Å²) in [7, 11) is 3.48. The Hall–Kier alpha value is -1.18. The molecule has 1 amide bonds. The van der Waals surface area contributed by atoms with Crippen LogP contribution in [0.5, 0.6) is 0 Å². The Balaban J connectivity index is 1.99. The number of carbonyl (C=O) groups excluding carboxylic acids is 1. The number of carbonyl (C=O) groups is 1. The molecule has 2 rings (SSSR count). The van der Waals surface area contributed by atoms with Gasteiger partial charge in [0.25, 0.3) is 5.91 Å². The molecule has 0 radical (unpaired) electrons. The van der Waals surface area contributed by atoms with E-state index >= 15 is 0 Å². The number of nitrogens with zero attached hydrogens (tertiary/aromatic N) is 2. The standard InChI is InChI=1S/C13H22N4O2S/c1-8(2)17-5-9(11(6-17)19-4)15-12(18)10-7-20-13(14-3)16-10/h7-9,11H,5-6H2,1-4H3,(H,14,16)(H,15,18)/t9-,11-/m0/s1. The molecule has 1 aliphatic rings. The third kappa shape index (κ3) is 3.28. The van der Waals surface area contributed by atoms with Crippen molar-refractivity contribution in [2.75, 3.05) is 32.6 Å². The molecule has 6 nitrogen and oxygen atoms in total. The molecule has 1 aromatic heterocycles. The fourth-order valence-corrected chi connectivity index (χ4v) is 2.99. The highest BCUT2D eigenvalue weighted by molar-refractivity contribution is 7.13. The largest absolute Gasteiger partial charge is 0.378 e. The minimum atomic E-state index is -0.139. The predicted molar refractivity (Wildman–Crippen MR) is 80.4 cm³/mol. The van der Waals surface area contributed by atoms with Gasteiger partial charge in [0.1, 0.15) is 5.69 Å². The van der Waals surface area contributed by atoms with Crippen molar-refractivity contribution < 1.29 is 9.53 Å². The Morgan fingerprint density at radius 2 is 2.30 bits per heavy atom. The van der Waals surface area contributed by atoms with Gasteiger partial charge in [-0.1, -0.05) is 0 Å². The molecular weight excluding hydrogens is 276 g/mol. The number of methoxy groups -OCH3 is 1. The highest BCUT2D eigenvalue weighted by Gasteiger charge is 2.35. The predicted octanol–water partition coefficient (Wildman–Crippen LogP) is 1.02. The molecule has 1 aromatic rings. The summed E-state index contributed by atoms with van der Waals surface area (Å²) in [6.07, 6.45) is 0.0313. The van der Waals surface area contributed by atoms with E-state index in [1.165, 1.54) is 11.3 Å². The van der Waals surface area contributed by atoms with Crippen LogP contribution in [0, 0.1) is 0 Å². The molecule has 2 atom stereocenters. The van der Waals surface area contributed by atoms with E-state index in [4.69, 9.17) is 4.74 Å². The number of thiazole rings is 1. The van der Waals surface area contributed by atoms with Crippen molar-refractivity contribution in [1.82, 2.24) is 15.2 Å². The molecule has 0 aromatic carbocycles. The maximum Gasteiger partial charge on any atom is 0.271 e. The highest BCUT2D eigenvalue weighted by atomic mass is 32.1. The summed E-state index contributed by atoms with van der Waals surface area (Å²) in [5.41, 5.74) is 0.456. The smallest absolute Gasteiger partial charge is 0.271 e. The normalized spacial score (nSPS) is 23.2. The van der Waals surface area contributed by atoms with E-state index in [-0.39, 0.29) is 18.1 Å². The van der Waals surface area contributed by atoms with Crippen LogP contribution in [0.4, 0.5) is 5.13 Å². The number of hydrogen-bond acceptors (Lipinski definition) is 6. The van der Waals surface area contributed by atoms with Crippen LogP contribution in [-0.4, -0.2) is 61.2 Å². The summed E-state index contributed by atoms with van der Waals surface area (Å²) in [5.74, 6) is -0.139. The number of amides is 1. The van der Waals surface area contributed by atoms with Crippen LogP contribution < -0.4 is 10.6 Å². The summed E-state index contributed by atoms with van der Waals surface area (Å²) in [6, 6.07) is 0.458. The van der Waals surface area contributed by atoms with E-state index in [1.54, 1.807) is 19.5 Å². The quantitative estimate of drug-likeness (QED) is 0.850. The van der Waals surface area contributed by atoms with Gasteiger partial charge in [-0.2, -0.15) is 0 Å². The van der Waals surface area contributed by atoms with Crippen LogP contribution in [0.3, 0.4) is 0 Å². The van der Waals surface area contributed by atoms with Crippen molar-refractivity contribution in [1.29, 1.82) is 0 Å². The first-order valence-corrected chi connectivity index (χ1v) is 7.64. The lowest BCUT2D eigenvalue weighted by Gasteiger charge is -2.19. The maximum atomic E-state index is 12.2. The lowest BCUT2D eigenvalue weighted by Crippen LogP contribution is -2.43. The zero-order chi connectivity index (χ0) is 14.7. The number of nitrogens with one attached hydrogen (secondary N) is 2. The van der Waals surface area contributed by atoms with Crippen molar-refractivity contribution in [3.8, 4) is 0 Å². The summed E-state index contributed by atoms with van der Waals surface area (Å²) in [6.45, 7) is 5.95. The molecule has 2 N–H and O–H groups in total. The lowest BCUT2D eigenvalue weighted by atomic mass is 10.2. The minimum absolute atomic E-state index is 0.00892. The van der Waals surface area contributed by atoms with E-state index in [1.807, 2.05) is 0 Å². The number of aromatic nitrogens is 1. The number of likely N-dealkylation sites (tertiary alicyclic amines) is 1. The van der Waals surface area contributed by atoms with Gasteiger partial charge in [-0.3, -0.25) is 9.69 Å². The van der Waals surface area contributed by atoms with Crippen molar-refractivity contribution >= 4 is 22.4 Å². The number of ether oxygens (including phenoxy) is 1. The molecule has 0 bridgehead atoms. The Morgan fingerprint density at radius 1 is 1.55 bits per heavy atom. The molecule has 0 saturated carbocycles. The molecule has 1 fully saturated rings. The Morgan fingerprint density at radius 3 is 2.85 bits per heavy atom. The SMILES string of the molecule is CNc1nc(C(=O)N[C@H]2CN(C(C)C)C[C@@H]2OC)cs1. The van der Waals surface area contributed by atoms with Crippen molar-refractivity contribution in [2.24, 2.45) is 0 Å². The Bertz CT molecular complexity index is 463. The first-order chi connectivity index (χ1) is 9.55. The minimum Gasteiger partial charge on any atom is -0.378 e. The molecule has 112 valence electrons. The van der Waals surface area contributed by atoms with Gasteiger partial charge in [0.15, 0.2) is 5.13 Å². The van der Waals surface area contributed by atoms with Gasteiger partial charge in [0.2, 0.25) is 0 Å². The highest BCUT2D eigenvalue weighted by Crippen LogP contribution is 2.18. The summed E-state index contributed by atoms with van der Waals surface area (Å²) >= 11 is 1.42. The molecule has 20 heavy (non-hydrogen) atoms. The number of rotatable bonds is 5. The Kier molecular flexibility index (Phi) is 4.95. The van der Waals surface area contributed by atoms with E-state index in [0.29, 0.717) is 11.7 Å². The first kappa shape index (κ1) is 15.2. The van der Waals surface area contributed by atoms with Crippen molar-refractivity contribution in [3.05, 3.63) is 11.1 Å². The summed E-state index contributed by atoms with van der Waals surface area (Å²) in [4.78, 5) is 18.7. The average Bonchev–Trinajstić information content (AvgIpc) is 3.04. The van der Waals surface area contributed by atoms with Gasteiger partial charge in [-0.05, 0) is 13.8 Å². The van der Waals surface area contributed by atoms with E-state index in [0.717, 1.165) is 18.2 Å². The van der Waals surface area contributed by atoms with Crippen LogP contribution in [0.1, 0.15) is 24.3 Å². The van der Waals surface area contributed by atoms with Gasteiger partial charge in [0, 0.05) is 38.7 Å². The molecular formula is C13H22N4O2S.